The Hall–Kier alpha value is -2.04. The fourth-order valence-corrected chi connectivity index (χ4v) is 2.14. The van der Waals surface area contributed by atoms with E-state index < -0.39 is 0 Å². The molecular weight excluding hydrogens is 286 g/mol. The van der Waals surface area contributed by atoms with E-state index in [0.29, 0.717) is 22.9 Å². The van der Waals surface area contributed by atoms with E-state index in [9.17, 15) is 4.79 Å². The number of hydrogen-bond acceptors (Lipinski definition) is 3. The van der Waals surface area contributed by atoms with E-state index in [2.05, 4.69) is 5.32 Å². The Labute approximate surface area is 129 Å². The van der Waals surface area contributed by atoms with Crippen LogP contribution >= 0.6 is 11.6 Å². The first kappa shape index (κ1) is 15.4. The van der Waals surface area contributed by atoms with Gasteiger partial charge in [0.25, 0.3) is 0 Å². The Balaban J connectivity index is 1.87. The van der Waals surface area contributed by atoms with Crippen molar-refractivity contribution in [2.24, 2.45) is 0 Å². The van der Waals surface area contributed by atoms with Crippen LogP contribution in [-0.4, -0.2) is 24.4 Å². The van der Waals surface area contributed by atoms with Gasteiger partial charge >= 0.3 is 0 Å². The fourth-order valence-electron chi connectivity index (χ4n) is 2.02. The Morgan fingerprint density at radius 2 is 1.95 bits per heavy atom. The third kappa shape index (κ3) is 4.77. The molecule has 0 radical (unpaired) electrons. The van der Waals surface area contributed by atoms with E-state index in [1.54, 1.807) is 18.2 Å². The van der Waals surface area contributed by atoms with Gasteiger partial charge in [-0.2, -0.15) is 0 Å². The summed E-state index contributed by atoms with van der Waals surface area (Å²) in [6, 6.07) is 15.1. The van der Waals surface area contributed by atoms with Crippen LogP contribution in [0.25, 0.3) is 0 Å². The SMILES string of the molecule is CN(CC(=O)Nc1ccc(Cl)c(N)c1)Cc1ccccc1. The van der Waals surface area contributed by atoms with Crippen LogP contribution in [0.2, 0.25) is 5.02 Å². The van der Waals surface area contributed by atoms with Crippen molar-refractivity contribution in [2.45, 2.75) is 6.54 Å². The summed E-state index contributed by atoms with van der Waals surface area (Å²) in [6.45, 7) is 1.02. The van der Waals surface area contributed by atoms with Crippen LogP contribution in [0.15, 0.2) is 48.5 Å². The van der Waals surface area contributed by atoms with Gasteiger partial charge in [0.15, 0.2) is 0 Å². The summed E-state index contributed by atoms with van der Waals surface area (Å²) in [5.74, 6) is -0.0878. The van der Waals surface area contributed by atoms with Crippen LogP contribution < -0.4 is 11.1 Å². The normalized spacial score (nSPS) is 10.6. The highest BCUT2D eigenvalue weighted by Gasteiger charge is 2.08. The molecular formula is C16H18ClN3O. The maximum absolute atomic E-state index is 12.0. The van der Waals surface area contributed by atoms with Crippen molar-refractivity contribution in [2.75, 3.05) is 24.6 Å². The minimum atomic E-state index is -0.0878. The molecule has 0 saturated heterocycles. The van der Waals surface area contributed by atoms with Crippen LogP contribution in [0.4, 0.5) is 11.4 Å². The molecule has 5 heteroatoms. The molecule has 0 aliphatic carbocycles. The molecule has 0 atom stereocenters. The Kier molecular flexibility index (Phi) is 5.20. The van der Waals surface area contributed by atoms with Gasteiger partial charge in [-0.25, -0.2) is 0 Å². The molecule has 4 nitrogen and oxygen atoms in total. The lowest BCUT2D eigenvalue weighted by molar-refractivity contribution is -0.117. The Morgan fingerprint density at radius 3 is 2.62 bits per heavy atom. The first-order chi connectivity index (χ1) is 10.0. The summed E-state index contributed by atoms with van der Waals surface area (Å²) in [6.07, 6.45) is 0. The van der Waals surface area contributed by atoms with Crippen LogP contribution in [0.5, 0.6) is 0 Å². The van der Waals surface area contributed by atoms with E-state index >= 15 is 0 Å². The molecule has 0 bridgehead atoms. The molecule has 0 aliphatic heterocycles. The molecule has 21 heavy (non-hydrogen) atoms. The molecule has 0 fully saturated rings. The molecule has 1 amide bonds. The van der Waals surface area contributed by atoms with Crippen molar-refractivity contribution in [3.8, 4) is 0 Å². The number of nitrogens with one attached hydrogen (secondary N) is 1. The lowest BCUT2D eigenvalue weighted by Gasteiger charge is -2.16. The molecule has 0 heterocycles. The number of hydrogen-bond donors (Lipinski definition) is 2. The van der Waals surface area contributed by atoms with Gasteiger partial charge in [-0.3, -0.25) is 9.69 Å². The van der Waals surface area contributed by atoms with Gasteiger partial charge in [0.05, 0.1) is 17.3 Å². The van der Waals surface area contributed by atoms with Gasteiger partial charge in [0.2, 0.25) is 5.91 Å². The average Bonchev–Trinajstić information content (AvgIpc) is 2.43. The lowest BCUT2D eigenvalue weighted by atomic mass is 10.2. The number of nitrogens with zero attached hydrogens (tertiary/aromatic N) is 1. The maximum Gasteiger partial charge on any atom is 0.238 e. The molecule has 0 unspecified atom stereocenters. The van der Waals surface area contributed by atoms with Gasteiger partial charge in [0.1, 0.15) is 0 Å². The number of halogens is 1. The number of rotatable bonds is 5. The van der Waals surface area contributed by atoms with Crippen molar-refractivity contribution < 1.29 is 4.79 Å². The molecule has 0 spiro atoms. The topological polar surface area (TPSA) is 58.4 Å². The van der Waals surface area contributed by atoms with E-state index in [1.165, 1.54) is 5.56 Å². The number of likely N-dealkylation sites (N-methyl/N-ethyl adjacent to an activating group) is 1. The number of benzene rings is 2. The van der Waals surface area contributed by atoms with Crippen LogP contribution in [0.3, 0.4) is 0 Å². The highest BCUT2D eigenvalue weighted by atomic mass is 35.5. The summed E-state index contributed by atoms with van der Waals surface area (Å²) in [7, 11) is 1.91. The second kappa shape index (κ2) is 7.11. The predicted molar refractivity (Wildman–Crippen MR) is 87.3 cm³/mol. The van der Waals surface area contributed by atoms with Crippen LogP contribution in [-0.2, 0) is 11.3 Å². The molecule has 110 valence electrons. The minimum Gasteiger partial charge on any atom is -0.397 e. The van der Waals surface area contributed by atoms with E-state index in [0.717, 1.165) is 6.54 Å². The van der Waals surface area contributed by atoms with Crippen molar-refractivity contribution in [3.63, 3.8) is 0 Å². The molecule has 2 aromatic carbocycles. The van der Waals surface area contributed by atoms with Gasteiger partial charge in [-0.05, 0) is 30.8 Å². The summed E-state index contributed by atoms with van der Waals surface area (Å²) in [5.41, 5.74) is 7.98. The van der Waals surface area contributed by atoms with Gasteiger partial charge < -0.3 is 11.1 Å². The Bertz CT molecular complexity index is 616. The maximum atomic E-state index is 12.0. The zero-order chi connectivity index (χ0) is 15.2. The van der Waals surface area contributed by atoms with E-state index in [1.807, 2.05) is 42.3 Å². The van der Waals surface area contributed by atoms with Crippen LogP contribution in [0.1, 0.15) is 5.56 Å². The summed E-state index contributed by atoms with van der Waals surface area (Å²) < 4.78 is 0. The largest absolute Gasteiger partial charge is 0.397 e. The summed E-state index contributed by atoms with van der Waals surface area (Å²) in [5, 5.41) is 3.29. The highest BCUT2D eigenvalue weighted by Crippen LogP contribution is 2.22. The van der Waals surface area contributed by atoms with Crippen LogP contribution in [0, 0.1) is 0 Å². The number of amides is 1. The molecule has 0 saturated carbocycles. The molecule has 0 aromatic heterocycles. The number of carbonyl (C=O) groups is 1. The lowest BCUT2D eigenvalue weighted by Crippen LogP contribution is -2.29. The van der Waals surface area contributed by atoms with E-state index in [4.69, 9.17) is 17.3 Å². The first-order valence-electron chi connectivity index (χ1n) is 6.62. The van der Waals surface area contributed by atoms with Crippen molar-refractivity contribution in [1.29, 1.82) is 0 Å². The van der Waals surface area contributed by atoms with Gasteiger partial charge in [-0.1, -0.05) is 41.9 Å². The van der Waals surface area contributed by atoms with Crippen molar-refractivity contribution in [3.05, 3.63) is 59.1 Å². The molecule has 2 aromatic rings. The third-order valence-corrected chi connectivity index (χ3v) is 3.33. The average molecular weight is 304 g/mol. The summed E-state index contributed by atoms with van der Waals surface area (Å²) >= 11 is 5.85. The zero-order valence-electron chi connectivity index (χ0n) is 11.8. The van der Waals surface area contributed by atoms with Crippen molar-refractivity contribution >= 4 is 28.9 Å². The second-order valence-electron chi connectivity index (χ2n) is 4.94. The number of nitrogen functional groups attached to an aromatic ring is 1. The summed E-state index contributed by atoms with van der Waals surface area (Å²) in [4.78, 5) is 13.9. The standard InChI is InChI=1S/C16H18ClN3O/c1-20(10-12-5-3-2-4-6-12)11-16(21)19-13-7-8-14(17)15(18)9-13/h2-9H,10-11,18H2,1H3,(H,19,21). The monoisotopic (exact) mass is 303 g/mol. The Morgan fingerprint density at radius 1 is 1.24 bits per heavy atom. The second-order valence-corrected chi connectivity index (χ2v) is 5.35. The smallest absolute Gasteiger partial charge is 0.238 e. The van der Waals surface area contributed by atoms with Crippen molar-refractivity contribution in [1.82, 2.24) is 4.90 Å². The highest BCUT2D eigenvalue weighted by molar-refractivity contribution is 6.33. The molecule has 0 aliphatic rings. The number of anilines is 2. The van der Waals surface area contributed by atoms with Gasteiger partial charge in [0, 0.05) is 12.2 Å². The molecule has 2 rings (SSSR count). The fraction of sp³-hybridized carbons (Fsp3) is 0.188. The minimum absolute atomic E-state index is 0.0878. The van der Waals surface area contributed by atoms with Gasteiger partial charge in [-0.15, -0.1) is 0 Å². The zero-order valence-corrected chi connectivity index (χ0v) is 12.6. The first-order valence-corrected chi connectivity index (χ1v) is 7.00. The number of carbonyl (C=O) groups excluding carboxylic acids is 1. The quantitative estimate of drug-likeness (QED) is 0.835. The van der Waals surface area contributed by atoms with E-state index in [-0.39, 0.29) is 5.91 Å². The number of nitrogens with two attached hydrogens (primary N) is 1. The predicted octanol–water partition coefficient (Wildman–Crippen LogP) is 2.99. The molecule has 3 N–H and O–H groups in total. The third-order valence-electron chi connectivity index (χ3n) is 2.99.